The van der Waals surface area contributed by atoms with Gasteiger partial charge >= 0.3 is 5.97 Å². The number of carboxylic acid groups (broad SMARTS) is 1. The maximum atomic E-state index is 11.6. The van der Waals surface area contributed by atoms with Gasteiger partial charge in [-0.2, -0.15) is 0 Å². The Morgan fingerprint density at radius 3 is 2.65 bits per heavy atom. The summed E-state index contributed by atoms with van der Waals surface area (Å²) in [5, 5.41) is 11.5. The molecular weight excluding hydrogens is 222 g/mol. The van der Waals surface area contributed by atoms with Crippen molar-refractivity contribution in [1.82, 2.24) is 5.32 Å². The molecule has 1 rings (SSSR count). The van der Waals surface area contributed by atoms with Crippen molar-refractivity contribution in [3.63, 3.8) is 0 Å². The Bertz CT molecular complexity index is 272. The highest BCUT2D eigenvalue weighted by atomic mass is 16.5. The number of aliphatic carboxylic acids is 1. The lowest BCUT2D eigenvalue weighted by molar-refractivity contribution is -0.143. The number of rotatable bonds is 6. The SMILES string of the molecule is CC(C)[C@@H](NC(=O)CC[C@H]1CCCO1)C(=O)O. The summed E-state index contributed by atoms with van der Waals surface area (Å²) >= 11 is 0. The molecule has 1 aliphatic rings. The minimum absolute atomic E-state index is 0.112. The van der Waals surface area contributed by atoms with E-state index >= 15 is 0 Å². The normalized spacial score (nSPS) is 21.5. The van der Waals surface area contributed by atoms with Crippen LogP contribution in [0.1, 0.15) is 39.5 Å². The molecule has 0 bridgehead atoms. The Balaban J connectivity index is 2.29. The van der Waals surface area contributed by atoms with Gasteiger partial charge in [-0.05, 0) is 25.2 Å². The molecule has 0 aromatic heterocycles. The molecule has 1 heterocycles. The van der Waals surface area contributed by atoms with Crippen molar-refractivity contribution in [3.05, 3.63) is 0 Å². The molecule has 1 amide bonds. The highest BCUT2D eigenvalue weighted by Gasteiger charge is 2.24. The third-order valence-corrected chi connectivity index (χ3v) is 2.97. The largest absolute Gasteiger partial charge is 0.480 e. The first kappa shape index (κ1) is 14.0. The molecule has 98 valence electrons. The van der Waals surface area contributed by atoms with Gasteiger partial charge in [0.25, 0.3) is 0 Å². The summed E-state index contributed by atoms with van der Waals surface area (Å²) in [5.41, 5.74) is 0. The molecule has 17 heavy (non-hydrogen) atoms. The lowest BCUT2D eigenvalue weighted by Gasteiger charge is -2.18. The fourth-order valence-corrected chi connectivity index (χ4v) is 1.92. The first-order chi connectivity index (χ1) is 8.00. The number of carbonyl (C=O) groups is 2. The van der Waals surface area contributed by atoms with E-state index in [2.05, 4.69) is 5.32 Å². The van der Waals surface area contributed by atoms with E-state index in [9.17, 15) is 9.59 Å². The number of hydrogen-bond donors (Lipinski definition) is 2. The van der Waals surface area contributed by atoms with Crippen LogP contribution in [0.2, 0.25) is 0 Å². The molecular formula is C12H21NO4. The zero-order valence-corrected chi connectivity index (χ0v) is 10.4. The minimum atomic E-state index is -0.981. The van der Waals surface area contributed by atoms with Crippen LogP contribution in [0.5, 0.6) is 0 Å². The Labute approximate surface area is 102 Å². The molecule has 0 aromatic rings. The Morgan fingerprint density at radius 2 is 2.18 bits per heavy atom. The molecule has 0 spiro atoms. The van der Waals surface area contributed by atoms with E-state index in [4.69, 9.17) is 9.84 Å². The monoisotopic (exact) mass is 243 g/mol. The lowest BCUT2D eigenvalue weighted by Crippen LogP contribution is -2.44. The van der Waals surface area contributed by atoms with Crippen molar-refractivity contribution in [2.24, 2.45) is 5.92 Å². The van der Waals surface area contributed by atoms with E-state index in [0.717, 1.165) is 19.4 Å². The maximum Gasteiger partial charge on any atom is 0.326 e. The van der Waals surface area contributed by atoms with Crippen LogP contribution in [0.3, 0.4) is 0 Å². The number of carbonyl (C=O) groups excluding carboxylic acids is 1. The number of carboxylic acids is 1. The lowest BCUT2D eigenvalue weighted by atomic mass is 10.0. The zero-order chi connectivity index (χ0) is 12.8. The van der Waals surface area contributed by atoms with Crippen molar-refractivity contribution in [2.75, 3.05) is 6.61 Å². The number of ether oxygens (including phenoxy) is 1. The van der Waals surface area contributed by atoms with Crippen LogP contribution in [0.25, 0.3) is 0 Å². The van der Waals surface area contributed by atoms with Gasteiger partial charge in [0.2, 0.25) is 5.91 Å². The van der Waals surface area contributed by atoms with Gasteiger partial charge in [0, 0.05) is 13.0 Å². The molecule has 2 N–H and O–H groups in total. The molecule has 1 saturated heterocycles. The van der Waals surface area contributed by atoms with Crippen LogP contribution in [0.15, 0.2) is 0 Å². The first-order valence-corrected chi connectivity index (χ1v) is 6.14. The van der Waals surface area contributed by atoms with E-state index in [1.807, 2.05) is 0 Å². The molecule has 1 aliphatic heterocycles. The van der Waals surface area contributed by atoms with E-state index in [-0.39, 0.29) is 17.9 Å². The first-order valence-electron chi connectivity index (χ1n) is 6.14. The summed E-state index contributed by atoms with van der Waals surface area (Å²) in [5.74, 6) is -1.30. The third kappa shape index (κ3) is 4.73. The highest BCUT2D eigenvalue weighted by Crippen LogP contribution is 2.16. The molecule has 2 atom stereocenters. The smallest absolute Gasteiger partial charge is 0.326 e. The molecule has 1 fully saturated rings. The molecule has 0 saturated carbocycles. The molecule has 0 aliphatic carbocycles. The molecule has 0 unspecified atom stereocenters. The van der Waals surface area contributed by atoms with E-state index in [1.54, 1.807) is 13.8 Å². The molecule has 0 radical (unpaired) electrons. The van der Waals surface area contributed by atoms with Crippen LogP contribution in [0.4, 0.5) is 0 Å². The molecule has 5 heteroatoms. The van der Waals surface area contributed by atoms with Crippen molar-refractivity contribution >= 4 is 11.9 Å². The Hall–Kier alpha value is -1.10. The molecule has 5 nitrogen and oxygen atoms in total. The minimum Gasteiger partial charge on any atom is -0.480 e. The van der Waals surface area contributed by atoms with Crippen molar-refractivity contribution in [3.8, 4) is 0 Å². The van der Waals surface area contributed by atoms with Crippen LogP contribution in [-0.4, -0.2) is 35.7 Å². The highest BCUT2D eigenvalue weighted by molar-refractivity contribution is 5.83. The van der Waals surface area contributed by atoms with Gasteiger partial charge < -0.3 is 15.2 Å². The van der Waals surface area contributed by atoms with Crippen molar-refractivity contribution in [1.29, 1.82) is 0 Å². The van der Waals surface area contributed by atoms with Gasteiger partial charge in [-0.15, -0.1) is 0 Å². The fourth-order valence-electron chi connectivity index (χ4n) is 1.92. The van der Waals surface area contributed by atoms with Crippen molar-refractivity contribution < 1.29 is 19.4 Å². The zero-order valence-electron chi connectivity index (χ0n) is 10.4. The quantitative estimate of drug-likeness (QED) is 0.734. The second-order valence-electron chi connectivity index (χ2n) is 4.80. The average Bonchev–Trinajstić information content (AvgIpc) is 2.74. The summed E-state index contributed by atoms with van der Waals surface area (Å²) in [6, 6.07) is -0.799. The van der Waals surface area contributed by atoms with Crippen LogP contribution >= 0.6 is 0 Å². The number of hydrogen-bond acceptors (Lipinski definition) is 3. The van der Waals surface area contributed by atoms with Gasteiger partial charge in [0.1, 0.15) is 6.04 Å². The third-order valence-electron chi connectivity index (χ3n) is 2.97. The number of amides is 1. The predicted octanol–water partition coefficient (Wildman–Crippen LogP) is 1.17. The van der Waals surface area contributed by atoms with Crippen LogP contribution in [-0.2, 0) is 14.3 Å². The van der Waals surface area contributed by atoms with Gasteiger partial charge in [-0.3, -0.25) is 4.79 Å². The molecule has 0 aromatic carbocycles. The summed E-state index contributed by atoms with van der Waals surface area (Å²) in [7, 11) is 0. The van der Waals surface area contributed by atoms with Gasteiger partial charge in [-0.25, -0.2) is 4.79 Å². The Kier molecular flexibility index (Phi) is 5.41. The van der Waals surface area contributed by atoms with Gasteiger partial charge in [0.05, 0.1) is 6.10 Å². The van der Waals surface area contributed by atoms with E-state index in [1.165, 1.54) is 0 Å². The van der Waals surface area contributed by atoms with Gasteiger partial charge in [-0.1, -0.05) is 13.8 Å². The summed E-state index contributed by atoms with van der Waals surface area (Å²) in [4.78, 5) is 22.5. The van der Waals surface area contributed by atoms with Gasteiger partial charge in [0.15, 0.2) is 0 Å². The van der Waals surface area contributed by atoms with Crippen LogP contribution < -0.4 is 5.32 Å². The van der Waals surface area contributed by atoms with Crippen LogP contribution in [0, 0.1) is 5.92 Å². The second kappa shape index (κ2) is 6.59. The summed E-state index contributed by atoms with van der Waals surface area (Å²) in [6.45, 7) is 4.33. The maximum absolute atomic E-state index is 11.6. The predicted molar refractivity (Wildman–Crippen MR) is 62.6 cm³/mol. The van der Waals surface area contributed by atoms with E-state index < -0.39 is 12.0 Å². The summed E-state index contributed by atoms with van der Waals surface area (Å²) < 4.78 is 5.41. The standard InChI is InChI=1S/C12H21NO4/c1-8(2)11(12(15)16)13-10(14)6-5-9-4-3-7-17-9/h8-9,11H,3-7H2,1-2H3,(H,13,14)(H,15,16)/t9-,11-/m1/s1. The topological polar surface area (TPSA) is 75.6 Å². The number of nitrogens with one attached hydrogen (secondary N) is 1. The van der Waals surface area contributed by atoms with Crippen molar-refractivity contribution in [2.45, 2.75) is 51.7 Å². The fraction of sp³-hybridized carbons (Fsp3) is 0.833. The Morgan fingerprint density at radius 1 is 1.47 bits per heavy atom. The second-order valence-corrected chi connectivity index (χ2v) is 4.80. The van der Waals surface area contributed by atoms with E-state index in [0.29, 0.717) is 12.8 Å². The summed E-state index contributed by atoms with van der Waals surface area (Å²) in [6.07, 6.45) is 3.23. The average molecular weight is 243 g/mol.